The molecule has 20 heavy (non-hydrogen) atoms. The summed E-state index contributed by atoms with van der Waals surface area (Å²) in [7, 11) is -4.44. The van der Waals surface area contributed by atoms with Crippen LogP contribution in [0.4, 0.5) is 5.95 Å². The van der Waals surface area contributed by atoms with E-state index in [9.17, 15) is 19.1 Å². The highest BCUT2D eigenvalue weighted by Crippen LogP contribution is 2.43. The van der Waals surface area contributed by atoms with Crippen LogP contribution in [0.3, 0.4) is 0 Å². The van der Waals surface area contributed by atoms with E-state index in [4.69, 9.17) is 5.11 Å². The first-order valence-corrected chi connectivity index (χ1v) is 7.46. The molecule has 0 amide bonds. The molecule has 1 unspecified atom stereocenters. The van der Waals surface area contributed by atoms with Gasteiger partial charge in [-0.15, -0.1) is 0 Å². The van der Waals surface area contributed by atoms with Gasteiger partial charge in [0.1, 0.15) is 5.78 Å². The van der Waals surface area contributed by atoms with Gasteiger partial charge in [0, 0.05) is 6.61 Å². The van der Waals surface area contributed by atoms with Crippen molar-refractivity contribution in [3.05, 3.63) is 16.7 Å². The Bertz CT molecular complexity index is 691. The average Bonchev–Trinajstić information content (AvgIpc) is 2.81. The summed E-state index contributed by atoms with van der Waals surface area (Å²) >= 11 is 0. The Morgan fingerprint density at radius 3 is 2.85 bits per heavy atom. The lowest BCUT2D eigenvalue weighted by Gasteiger charge is -2.19. The van der Waals surface area contributed by atoms with Gasteiger partial charge < -0.3 is 25.2 Å². The summed E-state index contributed by atoms with van der Waals surface area (Å²) < 4.78 is 11.3. The molecule has 6 N–H and O–H groups in total. The van der Waals surface area contributed by atoms with Gasteiger partial charge in [0.2, 0.25) is 5.95 Å². The number of aliphatic hydroxyl groups excluding tert-OH is 1. The van der Waals surface area contributed by atoms with Gasteiger partial charge in [-0.2, -0.15) is 4.98 Å². The van der Waals surface area contributed by atoms with Crippen molar-refractivity contribution in [2.45, 2.75) is 18.6 Å². The van der Waals surface area contributed by atoms with Crippen LogP contribution in [-0.4, -0.2) is 47.2 Å². The van der Waals surface area contributed by atoms with Crippen LogP contribution >= 0.6 is 7.60 Å². The maximum atomic E-state index is 11.7. The lowest BCUT2D eigenvalue weighted by Crippen LogP contribution is -2.23. The Morgan fingerprint density at radius 1 is 1.45 bits per heavy atom. The molecule has 0 aromatic carbocycles. The predicted molar refractivity (Wildman–Crippen MR) is 70.3 cm³/mol. The minimum atomic E-state index is -4.44. The number of aromatic nitrogens is 4. The van der Waals surface area contributed by atoms with Crippen molar-refractivity contribution in [2.24, 2.45) is 0 Å². The van der Waals surface area contributed by atoms with E-state index in [0.717, 1.165) is 0 Å². The molecule has 2 rings (SSSR count). The highest BCUT2D eigenvalue weighted by atomic mass is 31.2. The standard InChI is InChI=1S/C9H14N5O5P/c15-3-1-2-5(20(17,18)19)12-9-13-7-6(8(16)14-9)10-4-11-7/h4-5,15H,1-3H2,(H2,17,18,19)(H3,10,11,12,13,14,16). The second-order valence-corrected chi connectivity index (χ2v) is 5.93. The predicted octanol–water partition coefficient (Wildman–Crippen LogP) is -0.666. The Hall–Kier alpha value is -1.74. The smallest absolute Gasteiger partial charge is 0.347 e. The van der Waals surface area contributed by atoms with Crippen molar-refractivity contribution in [1.29, 1.82) is 0 Å². The third-order valence-electron chi connectivity index (χ3n) is 2.64. The van der Waals surface area contributed by atoms with Gasteiger partial charge in [0.25, 0.3) is 5.56 Å². The summed E-state index contributed by atoms with van der Waals surface area (Å²) in [4.78, 5) is 42.8. The molecule has 10 nitrogen and oxygen atoms in total. The fraction of sp³-hybridized carbons (Fsp3) is 0.444. The molecule has 1 atom stereocenters. The lowest BCUT2D eigenvalue weighted by molar-refractivity contribution is 0.280. The molecule has 2 aromatic heterocycles. The van der Waals surface area contributed by atoms with E-state index in [-0.39, 0.29) is 36.6 Å². The number of fused-ring (bicyclic) bond motifs is 1. The molecule has 0 saturated heterocycles. The second kappa shape index (κ2) is 5.71. The van der Waals surface area contributed by atoms with Crippen LogP contribution < -0.4 is 10.9 Å². The number of hydrogen-bond acceptors (Lipinski definition) is 6. The number of hydrogen-bond donors (Lipinski definition) is 6. The topological polar surface area (TPSA) is 164 Å². The number of nitrogens with one attached hydrogen (secondary N) is 3. The molecular formula is C9H14N5O5P. The molecule has 0 aliphatic heterocycles. The van der Waals surface area contributed by atoms with Gasteiger partial charge in [-0.05, 0) is 12.8 Å². The molecule has 2 aromatic rings. The van der Waals surface area contributed by atoms with Crippen LogP contribution in [-0.2, 0) is 4.57 Å². The van der Waals surface area contributed by atoms with E-state index in [2.05, 4.69) is 25.3 Å². The number of nitrogens with zero attached hydrogens (tertiary/aromatic N) is 2. The van der Waals surface area contributed by atoms with Crippen LogP contribution in [0.1, 0.15) is 12.8 Å². The van der Waals surface area contributed by atoms with Gasteiger partial charge in [-0.25, -0.2) is 4.98 Å². The second-order valence-electron chi connectivity index (χ2n) is 4.13. The first-order valence-electron chi connectivity index (χ1n) is 5.78. The van der Waals surface area contributed by atoms with Crippen molar-refractivity contribution < 1.29 is 19.5 Å². The SMILES string of the molecule is O=c1[nH]c(NC(CCCO)P(=O)(O)O)nc2nc[nH]c12. The summed E-state index contributed by atoms with van der Waals surface area (Å²) in [6.45, 7) is -0.194. The fourth-order valence-electron chi connectivity index (χ4n) is 1.68. The van der Waals surface area contributed by atoms with Crippen LogP contribution in [0.25, 0.3) is 11.2 Å². The highest BCUT2D eigenvalue weighted by molar-refractivity contribution is 7.52. The van der Waals surface area contributed by atoms with Crippen molar-refractivity contribution in [2.75, 3.05) is 11.9 Å². The maximum Gasteiger partial charge on any atom is 0.347 e. The molecule has 0 saturated carbocycles. The van der Waals surface area contributed by atoms with Crippen molar-refractivity contribution >= 4 is 24.7 Å². The molecule has 0 aliphatic rings. The molecule has 0 fully saturated rings. The van der Waals surface area contributed by atoms with Gasteiger partial charge in [-0.1, -0.05) is 0 Å². The van der Waals surface area contributed by atoms with E-state index < -0.39 is 18.9 Å². The average molecular weight is 303 g/mol. The third-order valence-corrected chi connectivity index (χ3v) is 3.84. The number of aliphatic hydroxyl groups is 1. The Balaban J connectivity index is 2.28. The number of aromatic amines is 2. The first-order chi connectivity index (χ1) is 9.41. The Kier molecular flexibility index (Phi) is 4.19. The summed E-state index contributed by atoms with van der Waals surface area (Å²) in [5.74, 6) is -1.32. The zero-order valence-corrected chi connectivity index (χ0v) is 11.2. The maximum absolute atomic E-state index is 11.7. The van der Waals surface area contributed by atoms with Crippen molar-refractivity contribution in [1.82, 2.24) is 19.9 Å². The van der Waals surface area contributed by atoms with Gasteiger partial charge >= 0.3 is 7.60 Å². The molecule has 0 spiro atoms. The van der Waals surface area contributed by atoms with Crippen LogP contribution in [0, 0.1) is 0 Å². The molecule has 2 heterocycles. The zero-order chi connectivity index (χ0) is 14.8. The summed E-state index contributed by atoms with van der Waals surface area (Å²) in [5, 5.41) is 11.2. The normalized spacial score (nSPS) is 13.6. The molecule has 0 aliphatic carbocycles. The van der Waals surface area contributed by atoms with E-state index in [1.807, 2.05) is 0 Å². The largest absolute Gasteiger partial charge is 0.396 e. The first kappa shape index (κ1) is 14.7. The van der Waals surface area contributed by atoms with E-state index in [0.29, 0.717) is 0 Å². The van der Waals surface area contributed by atoms with E-state index in [1.165, 1.54) is 6.33 Å². The van der Waals surface area contributed by atoms with Crippen LogP contribution in [0.5, 0.6) is 0 Å². The van der Waals surface area contributed by atoms with Crippen molar-refractivity contribution in [3.63, 3.8) is 0 Å². The van der Waals surface area contributed by atoms with Gasteiger partial charge in [-0.3, -0.25) is 14.3 Å². The Labute approximate surface area is 112 Å². The Morgan fingerprint density at radius 2 is 2.20 bits per heavy atom. The van der Waals surface area contributed by atoms with Gasteiger partial charge in [0.05, 0.1) is 6.33 Å². The lowest BCUT2D eigenvalue weighted by atomic mass is 10.3. The molecular weight excluding hydrogens is 289 g/mol. The fourth-order valence-corrected chi connectivity index (χ4v) is 2.49. The minimum absolute atomic E-state index is 0.0308. The molecule has 0 radical (unpaired) electrons. The monoisotopic (exact) mass is 303 g/mol. The van der Waals surface area contributed by atoms with Crippen LogP contribution in [0.15, 0.2) is 11.1 Å². The summed E-state index contributed by atoms with van der Waals surface area (Å²) in [6, 6.07) is 0. The van der Waals surface area contributed by atoms with E-state index in [1.54, 1.807) is 0 Å². The minimum Gasteiger partial charge on any atom is -0.396 e. The number of H-pyrrole nitrogens is 2. The van der Waals surface area contributed by atoms with E-state index >= 15 is 0 Å². The summed E-state index contributed by atoms with van der Waals surface area (Å²) in [5.41, 5.74) is -0.178. The zero-order valence-electron chi connectivity index (χ0n) is 10.3. The number of rotatable bonds is 6. The molecule has 0 bridgehead atoms. The quantitative estimate of drug-likeness (QED) is 0.382. The van der Waals surface area contributed by atoms with Gasteiger partial charge in [0.15, 0.2) is 11.2 Å². The molecule has 11 heteroatoms. The highest BCUT2D eigenvalue weighted by Gasteiger charge is 2.29. The number of imidazole rings is 1. The van der Waals surface area contributed by atoms with Crippen LogP contribution in [0.2, 0.25) is 0 Å². The third kappa shape index (κ3) is 3.23. The number of anilines is 1. The molecule has 110 valence electrons. The van der Waals surface area contributed by atoms with Crippen molar-refractivity contribution in [3.8, 4) is 0 Å². The summed E-state index contributed by atoms with van der Waals surface area (Å²) in [6.07, 6.45) is 1.53.